The van der Waals surface area contributed by atoms with Crippen LogP contribution in [0.3, 0.4) is 0 Å². The molecule has 0 N–H and O–H groups in total. The highest BCUT2D eigenvalue weighted by atomic mass is 16.6. The van der Waals surface area contributed by atoms with Crippen molar-refractivity contribution in [2.45, 2.75) is 17.2 Å². The molecule has 8 heteroatoms. The molecule has 19 heavy (non-hydrogen) atoms. The van der Waals surface area contributed by atoms with Crippen LogP contribution in [-0.2, 0) is 9.31 Å². The van der Waals surface area contributed by atoms with Gasteiger partial charge >= 0.3 is 7.12 Å². The summed E-state index contributed by atoms with van der Waals surface area (Å²) >= 11 is 0. The highest BCUT2D eigenvalue weighted by molar-refractivity contribution is 6.64. The van der Waals surface area contributed by atoms with E-state index < -0.39 is 0 Å². The molecule has 0 amide bonds. The molecule has 1 fully saturated rings. The second-order valence-corrected chi connectivity index (χ2v) is 6.17. The van der Waals surface area contributed by atoms with Crippen LogP contribution < -0.4 is 10.4 Å². The number of hydrogen-bond donors (Lipinski definition) is 0. The minimum Gasteiger partial charge on any atom is -0.419 e. The summed E-state index contributed by atoms with van der Waals surface area (Å²) in [4.78, 5) is 2.08. The van der Waals surface area contributed by atoms with E-state index in [0.29, 0.717) is 5.82 Å². The molecule has 1 heterocycles. The third-order valence-electron chi connectivity index (χ3n) is 4.23. The number of nitrogens with zero attached hydrogens (tertiary/aromatic N) is 1. The average Bonchev–Trinajstić information content (AvgIpc) is 2.35. The van der Waals surface area contributed by atoms with Crippen molar-refractivity contribution in [3.8, 4) is 0 Å². The van der Waals surface area contributed by atoms with E-state index in [0.717, 1.165) is 5.46 Å². The summed E-state index contributed by atoms with van der Waals surface area (Å²) in [6.45, 7) is 0. The molecule has 2 rings (SSSR count). The van der Waals surface area contributed by atoms with E-state index in [1.807, 2.05) is 14.1 Å². The molecule has 1 aliphatic rings. The summed E-state index contributed by atoms with van der Waals surface area (Å²) in [6, 6.07) is 8.55. The van der Waals surface area contributed by atoms with Gasteiger partial charge in [-0.15, -0.1) is 0 Å². The molecule has 0 aliphatic carbocycles. The van der Waals surface area contributed by atoms with Crippen molar-refractivity contribution in [1.29, 1.82) is 0 Å². The lowest BCUT2D eigenvalue weighted by molar-refractivity contribution is 0.0770. The van der Waals surface area contributed by atoms with Crippen molar-refractivity contribution in [3.05, 3.63) is 24.3 Å². The SMILES string of the molecule is BC1OB(c2ccc(N(C)C)cc2)OC(B)(B)C1B. The highest BCUT2D eigenvalue weighted by Gasteiger charge is 2.42. The first-order chi connectivity index (χ1) is 8.81. The third-order valence-corrected chi connectivity index (χ3v) is 4.23. The molecule has 3 nitrogen and oxygen atoms in total. The molecule has 0 saturated carbocycles. The summed E-state index contributed by atoms with van der Waals surface area (Å²) in [5.41, 5.74) is 2.26. The molecule has 1 saturated heterocycles. The van der Waals surface area contributed by atoms with Crippen molar-refractivity contribution in [1.82, 2.24) is 0 Å². The number of benzene rings is 1. The lowest BCUT2D eigenvalue weighted by Gasteiger charge is -2.45. The second-order valence-electron chi connectivity index (χ2n) is 6.17. The van der Waals surface area contributed by atoms with Gasteiger partial charge in [-0.2, -0.15) is 0 Å². The maximum absolute atomic E-state index is 6.11. The molecule has 1 aromatic rings. The van der Waals surface area contributed by atoms with E-state index in [4.69, 9.17) is 9.31 Å². The monoisotopic (exact) mass is 253 g/mol. The fourth-order valence-corrected chi connectivity index (χ4v) is 2.37. The Morgan fingerprint density at radius 3 is 2.21 bits per heavy atom. The van der Waals surface area contributed by atoms with Crippen molar-refractivity contribution in [3.63, 3.8) is 0 Å². The van der Waals surface area contributed by atoms with Crippen LogP contribution in [0.1, 0.15) is 0 Å². The minimum absolute atomic E-state index is 0.164. The zero-order chi connectivity index (χ0) is 14.2. The van der Waals surface area contributed by atoms with Crippen LogP contribution in [0.25, 0.3) is 0 Å². The summed E-state index contributed by atoms with van der Waals surface area (Å²) in [5, 5.41) is -0.164. The lowest BCUT2D eigenvalue weighted by atomic mass is 9.46. The first kappa shape index (κ1) is 14.7. The Morgan fingerprint density at radius 2 is 1.74 bits per heavy atom. The largest absolute Gasteiger partial charge is 0.492 e. The van der Waals surface area contributed by atoms with Gasteiger partial charge in [-0.25, -0.2) is 0 Å². The van der Waals surface area contributed by atoms with Gasteiger partial charge in [0.05, 0.1) is 0 Å². The zero-order valence-electron chi connectivity index (χ0n) is 12.8. The molecular formula is C11H20B5NO2. The van der Waals surface area contributed by atoms with E-state index in [-0.39, 0.29) is 18.5 Å². The van der Waals surface area contributed by atoms with Gasteiger partial charge < -0.3 is 14.2 Å². The smallest absolute Gasteiger partial charge is 0.419 e. The first-order valence-electron chi connectivity index (χ1n) is 6.92. The van der Waals surface area contributed by atoms with Crippen LogP contribution in [-0.4, -0.2) is 64.0 Å². The highest BCUT2D eigenvalue weighted by Crippen LogP contribution is 2.29. The average molecular weight is 252 g/mol. The van der Waals surface area contributed by atoms with Crippen LogP contribution in [0.4, 0.5) is 5.69 Å². The van der Waals surface area contributed by atoms with E-state index >= 15 is 0 Å². The van der Waals surface area contributed by atoms with Gasteiger partial charge in [0.2, 0.25) is 0 Å². The van der Waals surface area contributed by atoms with Gasteiger partial charge in [0, 0.05) is 25.8 Å². The summed E-state index contributed by atoms with van der Waals surface area (Å²) in [7, 11) is 12.4. The van der Waals surface area contributed by atoms with Crippen LogP contribution >= 0.6 is 0 Å². The van der Waals surface area contributed by atoms with Crippen molar-refractivity contribution < 1.29 is 9.31 Å². The maximum atomic E-state index is 6.11. The number of rotatable bonds is 2. The number of hydrogen-bond acceptors (Lipinski definition) is 3. The van der Waals surface area contributed by atoms with E-state index in [1.165, 1.54) is 5.69 Å². The Hall–Kier alpha value is -0.735. The van der Waals surface area contributed by atoms with E-state index in [9.17, 15) is 0 Å². The van der Waals surface area contributed by atoms with Gasteiger partial charge in [-0.05, 0) is 28.8 Å². The molecule has 1 aliphatic heterocycles. The third kappa shape index (κ3) is 3.06. The summed E-state index contributed by atoms with van der Waals surface area (Å²) in [5.74, 6) is 0.379. The molecule has 2 atom stereocenters. The quantitative estimate of drug-likeness (QED) is 0.518. The maximum Gasteiger partial charge on any atom is 0.492 e. The fourth-order valence-electron chi connectivity index (χ4n) is 2.37. The first-order valence-corrected chi connectivity index (χ1v) is 6.92. The molecule has 0 spiro atoms. The Morgan fingerprint density at radius 1 is 1.16 bits per heavy atom. The van der Waals surface area contributed by atoms with Crippen LogP contribution in [0.15, 0.2) is 24.3 Å². The van der Waals surface area contributed by atoms with Gasteiger partial charge in [-0.1, -0.05) is 12.1 Å². The van der Waals surface area contributed by atoms with Crippen molar-refractivity contribution in [2.24, 2.45) is 0 Å². The van der Waals surface area contributed by atoms with Gasteiger partial charge in [0.15, 0.2) is 0 Å². The normalized spacial score (nSPS) is 26.1. The predicted octanol–water partition coefficient (Wildman–Crippen LogP) is -3.20. The van der Waals surface area contributed by atoms with Crippen LogP contribution in [0.5, 0.6) is 0 Å². The predicted molar refractivity (Wildman–Crippen MR) is 92.8 cm³/mol. The van der Waals surface area contributed by atoms with Gasteiger partial charge in [0.25, 0.3) is 0 Å². The molecule has 2 unspecified atom stereocenters. The Labute approximate surface area is 120 Å². The Bertz CT molecular complexity index is 439. The Balaban J connectivity index is 2.18. The fraction of sp³-hybridized carbons (Fsp3) is 0.455. The minimum atomic E-state index is -0.266. The van der Waals surface area contributed by atoms with Crippen molar-refractivity contribution in [2.75, 3.05) is 19.0 Å². The molecule has 96 valence electrons. The molecule has 0 bridgehead atoms. The molecule has 1 aromatic carbocycles. The topological polar surface area (TPSA) is 21.7 Å². The zero-order valence-corrected chi connectivity index (χ0v) is 12.8. The second kappa shape index (κ2) is 5.33. The summed E-state index contributed by atoms with van der Waals surface area (Å²) in [6.07, 6.45) is 0. The van der Waals surface area contributed by atoms with Gasteiger partial charge in [0.1, 0.15) is 31.4 Å². The van der Waals surface area contributed by atoms with E-state index in [2.05, 4.69) is 60.6 Å². The molecule has 0 aromatic heterocycles. The van der Waals surface area contributed by atoms with E-state index in [1.54, 1.807) is 0 Å². The standard InChI is InChI=1S/C11H20B5NO2/c1-17(2)8-5-3-7(4-6-8)16-18-10(13)9(12)11(14,15)19-16/h3-6,9-10H,12-15H2,1-2H3. The summed E-state index contributed by atoms with van der Waals surface area (Å²) < 4.78 is 12.1. The van der Waals surface area contributed by atoms with Crippen molar-refractivity contribution >= 4 is 49.7 Å². The van der Waals surface area contributed by atoms with Gasteiger partial charge in [-0.3, -0.25) is 0 Å². The molecular weight excluding hydrogens is 232 g/mol. The Kier molecular flexibility index (Phi) is 4.12. The number of anilines is 1. The van der Waals surface area contributed by atoms with Crippen LogP contribution in [0, 0.1) is 0 Å². The lowest BCUT2D eigenvalue weighted by Crippen LogP contribution is -2.59. The molecule has 0 radical (unpaired) electrons. The van der Waals surface area contributed by atoms with Crippen LogP contribution in [0.2, 0.25) is 5.82 Å².